The van der Waals surface area contributed by atoms with Crippen LogP contribution in [0.25, 0.3) is 50.2 Å². The molecule has 7 aromatic carbocycles. The van der Waals surface area contributed by atoms with Crippen molar-refractivity contribution >= 4 is 16.8 Å². The Labute approximate surface area is 297 Å². The van der Waals surface area contributed by atoms with Gasteiger partial charge in [0.05, 0.1) is 0 Å². The molecule has 0 spiro atoms. The molecule has 0 bridgehead atoms. The molecule has 0 aromatic heterocycles. The van der Waals surface area contributed by atoms with E-state index < -0.39 is 11.0 Å². The molecule has 0 fully saturated rings. The lowest BCUT2D eigenvalue weighted by atomic mass is 9.71. The van der Waals surface area contributed by atoms with Gasteiger partial charge in [-0.1, -0.05) is 141 Å². The van der Waals surface area contributed by atoms with Gasteiger partial charge in [0.15, 0.2) is 5.60 Å². The molecule has 0 amide bonds. The van der Waals surface area contributed by atoms with E-state index in [1.165, 1.54) is 23.3 Å². The molecule has 0 N–H and O–H groups in total. The fourth-order valence-corrected chi connectivity index (χ4v) is 8.70. The molecule has 3 heteroatoms. The van der Waals surface area contributed by atoms with Gasteiger partial charge in [-0.2, -0.15) is 0 Å². The monoisotopic (exact) mass is 666 g/mol. The first-order valence-electron chi connectivity index (χ1n) is 17.8. The fourth-order valence-electron chi connectivity index (χ4n) is 8.70. The smallest absolute Gasteiger partial charge is 0.178 e. The highest BCUT2D eigenvalue weighted by Gasteiger charge is 2.47. The van der Waals surface area contributed by atoms with Crippen LogP contribution in [-0.4, -0.2) is 0 Å². The van der Waals surface area contributed by atoms with Crippen LogP contribution in [0.15, 0.2) is 152 Å². The van der Waals surface area contributed by atoms with Crippen molar-refractivity contribution in [1.82, 2.24) is 0 Å². The van der Waals surface area contributed by atoms with Crippen molar-refractivity contribution in [3.05, 3.63) is 191 Å². The van der Waals surface area contributed by atoms with Crippen LogP contribution in [0, 0.1) is 11.6 Å². The minimum Gasteiger partial charge on any atom is -0.472 e. The van der Waals surface area contributed by atoms with Gasteiger partial charge in [-0.3, -0.25) is 0 Å². The first-order chi connectivity index (χ1) is 25.0. The summed E-state index contributed by atoms with van der Waals surface area (Å²) < 4.78 is 37.5. The standard InChI is InChI=1S/C48H36F2O/c1-3-47(4-2)43-30-38(50)24-26-40(43)44-39-25-23-37(49)29-42(39)46-41(45(44)47)27-28-48(51-46,35-13-9-6-10-14-35)36-21-19-34(20-22-36)33-17-15-32(16-18-33)31-11-7-5-8-12-31/h5-30H,3-4H2,1-2H3. The number of ether oxygens (including phenoxy) is 1. The average molecular weight is 667 g/mol. The van der Waals surface area contributed by atoms with Gasteiger partial charge < -0.3 is 4.74 Å². The van der Waals surface area contributed by atoms with Crippen LogP contribution in [0.2, 0.25) is 0 Å². The summed E-state index contributed by atoms with van der Waals surface area (Å²) in [6.07, 6.45) is 5.90. The van der Waals surface area contributed by atoms with Crippen molar-refractivity contribution < 1.29 is 13.5 Å². The predicted molar refractivity (Wildman–Crippen MR) is 205 cm³/mol. The summed E-state index contributed by atoms with van der Waals surface area (Å²) in [6, 6.07) is 47.9. The summed E-state index contributed by atoms with van der Waals surface area (Å²) in [7, 11) is 0. The van der Waals surface area contributed by atoms with Gasteiger partial charge in [0.2, 0.25) is 0 Å². The van der Waals surface area contributed by atoms with Crippen LogP contribution in [0.1, 0.15) is 54.5 Å². The van der Waals surface area contributed by atoms with E-state index in [2.05, 4.69) is 111 Å². The largest absolute Gasteiger partial charge is 0.472 e. The molecule has 2 aliphatic rings. The summed E-state index contributed by atoms with van der Waals surface area (Å²) in [4.78, 5) is 0. The highest BCUT2D eigenvalue weighted by molar-refractivity contribution is 6.08. The Morgan fingerprint density at radius 3 is 1.75 bits per heavy atom. The van der Waals surface area contributed by atoms with E-state index in [4.69, 9.17) is 4.74 Å². The van der Waals surface area contributed by atoms with Gasteiger partial charge in [0, 0.05) is 27.5 Å². The SMILES string of the molecule is CCC1(CC)c2cc(F)ccc2-c2c1c1c(c3cc(F)ccc23)OC(c2ccccc2)(c2ccc(-c3ccc(-c4ccccc4)cc3)cc2)C=C1. The van der Waals surface area contributed by atoms with E-state index in [9.17, 15) is 4.39 Å². The minimum absolute atomic E-state index is 0.248. The first kappa shape index (κ1) is 31.2. The summed E-state index contributed by atoms with van der Waals surface area (Å²) in [6.45, 7) is 4.35. The minimum atomic E-state index is -0.976. The maximum absolute atomic E-state index is 15.2. The molecule has 0 radical (unpaired) electrons. The lowest BCUT2D eigenvalue weighted by Gasteiger charge is -2.39. The second-order valence-electron chi connectivity index (χ2n) is 13.7. The topological polar surface area (TPSA) is 9.23 Å². The normalized spacial score (nSPS) is 16.7. The van der Waals surface area contributed by atoms with Crippen molar-refractivity contribution in [2.24, 2.45) is 0 Å². The molecule has 1 unspecified atom stereocenters. The van der Waals surface area contributed by atoms with E-state index in [1.54, 1.807) is 12.1 Å². The van der Waals surface area contributed by atoms with Crippen molar-refractivity contribution in [1.29, 1.82) is 0 Å². The molecule has 9 rings (SSSR count). The molecular formula is C48H36F2O. The van der Waals surface area contributed by atoms with E-state index >= 15 is 4.39 Å². The van der Waals surface area contributed by atoms with E-state index in [1.807, 2.05) is 36.4 Å². The number of fused-ring (bicyclic) bond motifs is 8. The zero-order valence-corrected chi connectivity index (χ0v) is 28.6. The highest BCUT2D eigenvalue weighted by Crippen LogP contribution is 2.60. The summed E-state index contributed by atoms with van der Waals surface area (Å²) in [5.41, 5.74) is 10.3. The lowest BCUT2D eigenvalue weighted by Crippen LogP contribution is -2.35. The zero-order valence-electron chi connectivity index (χ0n) is 28.6. The first-order valence-corrected chi connectivity index (χ1v) is 17.8. The summed E-state index contributed by atoms with van der Waals surface area (Å²) in [5.74, 6) is 0.0718. The van der Waals surface area contributed by atoms with Gasteiger partial charge in [0.25, 0.3) is 0 Å². The fraction of sp³-hybridized carbons (Fsp3) is 0.125. The number of rotatable bonds is 6. The molecule has 1 nitrogen and oxygen atoms in total. The Kier molecular flexibility index (Phi) is 7.29. The number of hydrogen-bond donors (Lipinski definition) is 0. The van der Waals surface area contributed by atoms with Crippen molar-refractivity contribution in [3.63, 3.8) is 0 Å². The third-order valence-corrected chi connectivity index (χ3v) is 11.3. The zero-order chi connectivity index (χ0) is 34.7. The lowest BCUT2D eigenvalue weighted by molar-refractivity contribution is 0.163. The summed E-state index contributed by atoms with van der Waals surface area (Å²) >= 11 is 0. The maximum Gasteiger partial charge on any atom is 0.178 e. The second kappa shape index (κ2) is 11.9. The molecule has 248 valence electrons. The molecule has 1 aliphatic heterocycles. The molecule has 7 aromatic rings. The van der Waals surface area contributed by atoms with Crippen LogP contribution in [-0.2, 0) is 11.0 Å². The molecule has 1 atom stereocenters. The van der Waals surface area contributed by atoms with Crippen molar-refractivity contribution in [3.8, 4) is 39.1 Å². The molecule has 1 heterocycles. The predicted octanol–water partition coefficient (Wildman–Crippen LogP) is 12.9. The molecular weight excluding hydrogens is 631 g/mol. The Morgan fingerprint density at radius 2 is 1.10 bits per heavy atom. The number of benzene rings is 7. The Bertz CT molecular complexity index is 2460. The van der Waals surface area contributed by atoms with E-state index in [0.717, 1.165) is 68.3 Å². The van der Waals surface area contributed by atoms with Gasteiger partial charge in [0.1, 0.15) is 17.4 Å². The van der Waals surface area contributed by atoms with Crippen LogP contribution in [0.5, 0.6) is 5.75 Å². The third-order valence-electron chi connectivity index (χ3n) is 11.3. The highest BCUT2D eigenvalue weighted by atomic mass is 19.1. The van der Waals surface area contributed by atoms with Crippen LogP contribution >= 0.6 is 0 Å². The number of halogens is 2. The average Bonchev–Trinajstić information content (AvgIpc) is 3.48. The van der Waals surface area contributed by atoms with Crippen molar-refractivity contribution in [2.75, 3.05) is 0 Å². The van der Waals surface area contributed by atoms with Crippen molar-refractivity contribution in [2.45, 2.75) is 37.7 Å². The van der Waals surface area contributed by atoms with Gasteiger partial charge in [-0.15, -0.1) is 0 Å². The third kappa shape index (κ3) is 4.72. The molecule has 0 saturated carbocycles. The Balaban J connectivity index is 1.22. The van der Waals surface area contributed by atoms with Crippen LogP contribution in [0.3, 0.4) is 0 Å². The van der Waals surface area contributed by atoms with E-state index in [-0.39, 0.29) is 11.6 Å². The van der Waals surface area contributed by atoms with E-state index in [0.29, 0.717) is 11.1 Å². The molecule has 51 heavy (non-hydrogen) atoms. The number of hydrogen-bond acceptors (Lipinski definition) is 1. The summed E-state index contributed by atoms with van der Waals surface area (Å²) in [5, 5.41) is 1.62. The quantitative estimate of drug-likeness (QED) is 0.172. The Hall–Kier alpha value is -5.80. The maximum atomic E-state index is 15.2. The van der Waals surface area contributed by atoms with Gasteiger partial charge >= 0.3 is 0 Å². The molecule has 0 saturated heterocycles. The van der Waals surface area contributed by atoms with Crippen LogP contribution < -0.4 is 4.74 Å². The second-order valence-corrected chi connectivity index (χ2v) is 13.7. The van der Waals surface area contributed by atoms with Gasteiger partial charge in [-0.05, 0) is 93.1 Å². The van der Waals surface area contributed by atoms with Gasteiger partial charge in [-0.25, -0.2) is 8.78 Å². The Morgan fingerprint density at radius 1 is 0.549 bits per heavy atom. The molecule has 1 aliphatic carbocycles. The van der Waals surface area contributed by atoms with Crippen LogP contribution in [0.4, 0.5) is 8.78 Å².